The average Bonchev–Trinajstić information content (AvgIpc) is 2.47. The number of aliphatic hydroxyl groups is 1. The van der Waals surface area contributed by atoms with Crippen LogP contribution < -0.4 is 10.5 Å². The lowest BCUT2D eigenvalue weighted by atomic mass is 9.87. The Bertz CT molecular complexity index is 606. The lowest BCUT2D eigenvalue weighted by Crippen LogP contribution is -2.26. The summed E-state index contributed by atoms with van der Waals surface area (Å²) in [5, 5.41) is 9.04. The molecule has 0 aliphatic carbocycles. The van der Waals surface area contributed by atoms with Gasteiger partial charge in [-0.05, 0) is 47.2 Å². The molecule has 0 aromatic heterocycles. The van der Waals surface area contributed by atoms with Gasteiger partial charge in [0.05, 0.1) is 6.61 Å². The van der Waals surface area contributed by atoms with Gasteiger partial charge in [0.15, 0.2) is 0 Å². The first-order valence-corrected chi connectivity index (χ1v) is 7.62. The molecule has 3 nitrogen and oxygen atoms in total. The molecule has 0 heterocycles. The van der Waals surface area contributed by atoms with Crippen LogP contribution in [0.4, 0.5) is 0 Å². The van der Waals surface area contributed by atoms with Crippen molar-refractivity contribution in [3.05, 3.63) is 59.7 Å². The van der Waals surface area contributed by atoms with Crippen LogP contribution in [-0.2, 0) is 11.8 Å². The highest BCUT2D eigenvalue weighted by Gasteiger charge is 2.13. The molecular weight excluding hydrogens is 310 g/mol. The Kier molecular flexibility index (Phi) is 7.07. The minimum absolute atomic E-state index is 0. The molecular formula is C19H26ClNO2. The number of halogens is 1. The molecule has 0 saturated carbocycles. The Labute approximate surface area is 144 Å². The first-order valence-electron chi connectivity index (χ1n) is 7.62. The van der Waals surface area contributed by atoms with Crippen LogP contribution in [0.5, 0.6) is 11.5 Å². The predicted molar refractivity (Wildman–Crippen MR) is 97.7 cm³/mol. The van der Waals surface area contributed by atoms with Gasteiger partial charge in [0, 0.05) is 6.04 Å². The zero-order chi connectivity index (χ0) is 16.2. The standard InChI is InChI=1S/C19H25NO2.ClH/c1-19(2,3)15-7-9-17(10-8-15)22-18-6-4-5-14(12-18)11-16(20)13-21;/h4-10,12,16,21H,11,13,20H2,1-3H3;1H. The Balaban J connectivity index is 0.00000264. The summed E-state index contributed by atoms with van der Waals surface area (Å²) in [6, 6.07) is 15.8. The van der Waals surface area contributed by atoms with E-state index in [9.17, 15) is 0 Å². The van der Waals surface area contributed by atoms with Crippen LogP contribution in [0, 0.1) is 0 Å². The van der Waals surface area contributed by atoms with E-state index in [2.05, 4.69) is 32.9 Å². The van der Waals surface area contributed by atoms with E-state index in [1.54, 1.807) is 0 Å². The lowest BCUT2D eigenvalue weighted by Gasteiger charge is -2.19. The first-order chi connectivity index (χ1) is 10.4. The summed E-state index contributed by atoms with van der Waals surface area (Å²) in [5.41, 5.74) is 8.25. The molecule has 0 fully saturated rings. The third-order valence-electron chi connectivity index (χ3n) is 3.59. The van der Waals surface area contributed by atoms with Crippen LogP contribution in [0.15, 0.2) is 48.5 Å². The van der Waals surface area contributed by atoms with Crippen molar-refractivity contribution in [2.75, 3.05) is 6.61 Å². The highest BCUT2D eigenvalue weighted by Crippen LogP contribution is 2.27. The topological polar surface area (TPSA) is 55.5 Å². The lowest BCUT2D eigenvalue weighted by molar-refractivity contribution is 0.265. The van der Waals surface area contributed by atoms with Gasteiger partial charge in [0.25, 0.3) is 0 Å². The van der Waals surface area contributed by atoms with Crippen LogP contribution >= 0.6 is 12.4 Å². The second-order valence-corrected chi connectivity index (χ2v) is 6.67. The van der Waals surface area contributed by atoms with Crippen molar-refractivity contribution in [1.82, 2.24) is 0 Å². The van der Waals surface area contributed by atoms with Crippen molar-refractivity contribution in [2.24, 2.45) is 5.73 Å². The zero-order valence-electron chi connectivity index (χ0n) is 14.0. The number of ether oxygens (including phenoxy) is 1. The highest BCUT2D eigenvalue weighted by molar-refractivity contribution is 5.85. The van der Waals surface area contributed by atoms with E-state index in [4.69, 9.17) is 15.6 Å². The van der Waals surface area contributed by atoms with Gasteiger partial charge in [0.2, 0.25) is 0 Å². The summed E-state index contributed by atoms with van der Waals surface area (Å²) in [5.74, 6) is 1.60. The van der Waals surface area contributed by atoms with E-state index < -0.39 is 0 Å². The maximum absolute atomic E-state index is 9.04. The summed E-state index contributed by atoms with van der Waals surface area (Å²) in [7, 11) is 0. The number of aliphatic hydroxyl groups excluding tert-OH is 1. The molecule has 2 aromatic rings. The predicted octanol–water partition coefficient (Wildman–Crippen LogP) is 4.06. The van der Waals surface area contributed by atoms with E-state index in [-0.39, 0.29) is 30.5 Å². The quantitative estimate of drug-likeness (QED) is 0.866. The van der Waals surface area contributed by atoms with Gasteiger partial charge in [-0.3, -0.25) is 0 Å². The third kappa shape index (κ3) is 5.87. The molecule has 0 spiro atoms. The van der Waals surface area contributed by atoms with E-state index in [0.29, 0.717) is 6.42 Å². The minimum Gasteiger partial charge on any atom is -0.457 e. The molecule has 126 valence electrons. The SMILES string of the molecule is CC(C)(C)c1ccc(Oc2cccc(CC(N)CO)c2)cc1.Cl. The van der Waals surface area contributed by atoms with Crippen molar-refractivity contribution < 1.29 is 9.84 Å². The molecule has 0 radical (unpaired) electrons. The van der Waals surface area contributed by atoms with Crippen molar-refractivity contribution in [3.8, 4) is 11.5 Å². The Morgan fingerprint density at radius 3 is 2.26 bits per heavy atom. The number of hydrogen-bond donors (Lipinski definition) is 2. The number of rotatable bonds is 5. The molecule has 1 atom stereocenters. The van der Waals surface area contributed by atoms with E-state index in [1.165, 1.54) is 5.56 Å². The molecule has 0 aliphatic rings. The van der Waals surface area contributed by atoms with E-state index in [0.717, 1.165) is 17.1 Å². The van der Waals surface area contributed by atoms with E-state index >= 15 is 0 Å². The molecule has 3 N–H and O–H groups in total. The van der Waals surface area contributed by atoms with Crippen LogP contribution in [0.2, 0.25) is 0 Å². The van der Waals surface area contributed by atoms with Gasteiger partial charge in [-0.1, -0.05) is 45.0 Å². The largest absolute Gasteiger partial charge is 0.457 e. The Hall–Kier alpha value is -1.55. The maximum Gasteiger partial charge on any atom is 0.127 e. The number of benzene rings is 2. The van der Waals surface area contributed by atoms with Crippen LogP contribution in [0.25, 0.3) is 0 Å². The van der Waals surface area contributed by atoms with Crippen LogP contribution in [-0.4, -0.2) is 17.8 Å². The fraction of sp³-hybridized carbons (Fsp3) is 0.368. The van der Waals surface area contributed by atoms with Gasteiger partial charge in [-0.2, -0.15) is 0 Å². The average molecular weight is 336 g/mol. The monoisotopic (exact) mass is 335 g/mol. The summed E-state index contributed by atoms with van der Waals surface area (Å²) in [4.78, 5) is 0. The van der Waals surface area contributed by atoms with Gasteiger partial charge < -0.3 is 15.6 Å². The zero-order valence-corrected chi connectivity index (χ0v) is 14.8. The van der Waals surface area contributed by atoms with Gasteiger partial charge in [0.1, 0.15) is 11.5 Å². The molecule has 2 aromatic carbocycles. The van der Waals surface area contributed by atoms with Crippen LogP contribution in [0.3, 0.4) is 0 Å². The van der Waals surface area contributed by atoms with Gasteiger partial charge in [-0.25, -0.2) is 0 Å². The van der Waals surface area contributed by atoms with E-state index in [1.807, 2.05) is 36.4 Å². The molecule has 23 heavy (non-hydrogen) atoms. The fourth-order valence-corrected chi connectivity index (χ4v) is 2.26. The second kappa shape index (κ2) is 8.34. The molecule has 0 amide bonds. The maximum atomic E-state index is 9.04. The normalized spacial score (nSPS) is 12.4. The van der Waals surface area contributed by atoms with Crippen LogP contribution in [0.1, 0.15) is 31.9 Å². The summed E-state index contributed by atoms with van der Waals surface area (Å²) < 4.78 is 5.90. The number of nitrogens with two attached hydrogens (primary N) is 1. The second-order valence-electron chi connectivity index (χ2n) is 6.67. The molecule has 0 bridgehead atoms. The summed E-state index contributed by atoms with van der Waals surface area (Å²) in [6.07, 6.45) is 0.636. The Morgan fingerprint density at radius 1 is 1.04 bits per heavy atom. The first kappa shape index (κ1) is 19.5. The number of hydrogen-bond acceptors (Lipinski definition) is 3. The van der Waals surface area contributed by atoms with Crippen molar-refractivity contribution in [3.63, 3.8) is 0 Å². The van der Waals surface area contributed by atoms with Crippen molar-refractivity contribution in [1.29, 1.82) is 0 Å². The Morgan fingerprint density at radius 2 is 1.70 bits per heavy atom. The molecule has 2 rings (SSSR count). The highest BCUT2D eigenvalue weighted by atomic mass is 35.5. The third-order valence-corrected chi connectivity index (χ3v) is 3.59. The summed E-state index contributed by atoms with van der Waals surface area (Å²) >= 11 is 0. The van der Waals surface area contributed by atoms with Gasteiger partial charge in [-0.15, -0.1) is 12.4 Å². The molecule has 0 saturated heterocycles. The fourth-order valence-electron chi connectivity index (χ4n) is 2.26. The molecule has 1 unspecified atom stereocenters. The minimum atomic E-state index is -0.235. The van der Waals surface area contributed by atoms with Crippen molar-refractivity contribution >= 4 is 12.4 Å². The summed E-state index contributed by atoms with van der Waals surface area (Å²) in [6.45, 7) is 6.56. The molecule has 0 aliphatic heterocycles. The smallest absolute Gasteiger partial charge is 0.127 e. The molecule has 4 heteroatoms. The van der Waals surface area contributed by atoms with Crippen molar-refractivity contribution in [2.45, 2.75) is 38.6 Å². The van der Waals surface area contributed by atoms with Gasteiger partial charge >= 0.3 is 0 Å².